The van der Waals surface area contributed by atoms with Crippen LogP contribution in [0.25, 0.3) is 0 Å². The lowest BCUT2D eigenvalue weighted by atomic mass is 10.2. The van der Waals surface area contributed by atoms with Crippen molar-refractivity contribution in [1.29, 1.82) is 0 Å². The summed E-state index contributed by atoms with van der Waals surface area (Å²) in [6.07, 6.45) is 0. The van der Waals surface area contributed by atoms with Crippen molar-refractivity contribution in [2.75, 3.05) is 6.54 Å². The van der Waals surface area contributed by atoms with Crippen LogP contribution in [0.1, 0.15) is 25.2 Å². The Morgan fingerprint density at radius 2 is 2.19 bits per heavy atom. The minimum absolute atomic E-state index is 0.0489. The molecule has 0 spiro atoms. The number of carboxylic acids is 1. The van der Waals surface area contributed by atoms with Crippen molar-refractivity contribution >= 4 is 5.97 Å². The average molecular weight is 222 g/mol. The number of pyridine rings is 1. The van der Waals surface area contributed by atoms with Gasteiger partial charge in [0.05, 0.1) is 12.2 Å². The maximum atomic E-state index is 10.7. The Labute approximate surface area is 95.9 Å². The minimum atomic E-state index is -0.804. The van der Waals surface area contributed by atoms with E-state index >= 15 is 0 Å². The summed E-state index contributed by atoms with van der Waals surface area (Å²) >= 11 is 0. The monoisotopic (exact) mass is 222 g/mol. The number of hydrogen-bond acceptors (Lipinski definition) is 3. The van der Waals surface area contributed by atoms with Gasteiger partial charge in [-0.2, -0.15) is 0 Å². The molecule has 0 radical (unpaired) electrons. The lowest BCUT2D eigenvalue weighted by molar-refractivity contribution is -0.138. The van der Waals surface area contributed by atoms with Crippen LogP contribution in [-0.4, -0.2) is 33.5 Å². The normalized spacial score (nSPS) is 11.1. The van der Waals surface area contributed by atoms with Gasteiger partial charge in [-0.25, -0.2) is 0 Å². The number of nitrogens with zero attached hydrogens (tertiary/aromatic N) is 2. The lowest BCUT2D eigenvalue weighted by Gasteiger charge is -2.24. The number of carbonyl (C=O) groups is 1. The maximum absolute atomic E-state index is 10.7. The van der Waals surface area contributed by atoms with Crippen LogP contribution in [0.3, 0.4) is 0 Å². The van der Waals surface area contributed by atoms with E-state index in [2.05, 4.69) is 4.98 Å². The Balaban J connectivity index is 2.71. The first-order chi connectivity index (χ1) is 7.49. The average Bonchev–Trinajstić information content (AvgIpc) is 2.15. The molecule has 0 atom stereocenters. The van der Waals surface area contributed by atoms with Crippen molar-refractivity contribution in [3.63, 3.8) is 0 Å². The molecule has 1 rings (SSSR count). The number of hydrogen-bond donors (Lipinski definition) is 1. The summed E-state index contributed by atoms with van der Waals surface area (Å²) < 4.78 is 0. The van der Waals surface area contributed by atoms with Crippen LogP contribution < -0.4 is 0 Å². The van der Waals surface area contributed by atoms with Gasteiger partial charge >= 0.3 is 5.97 Å². The van der Waals surface area contributed by atoms with Crippen molar-refractivity contribution in [3.8, 4) is 0 Å². The summed E-state index contributed by atoms with van der Waals surface area (Å²) in [7, 11) is 0. The highest BCUT2D eigenvalue weighted by Crippen LogP contribution is 2.06. The fourth-order valence-electron chi connectivity index (χ4n) is 1.49. The number of aryl methyl sites for hydroxylation is 1. The Morgan fingerprint density at radius 3 is 2.69 bits per heavy atom. The molecule has 1 heterocycles. The zero-order valence-electron chi connectivity index (χ0n) is 9.97. The summed E-state index contributed by atoms with van der Waals surface area (Å²) in [4.78, 5) is 17.0. The third-order valence-corrected chi connectivity index (χ3v) is 2.38. The van der Waals surface area contributed by atoms with Gasteiger partial charge in [0, 0.05) is 18.3 Å². The van der Waals surface area contributed by atoms with E-state index in [-0.39, 0.29) is 12.6 Å². The van der Waals surface area contributed by atoms with Crippen molar-refractivity contribution in [1.82, 2.24) is 9.88 Å². The highest BCUT2D eigenvalue weighted by Gasteiger charge is 2.14. The van der Waals surface area contributed by atoms with Crippen molar-refractivity contribution < 1.29 is 9.90 Å². The van der Waals surface area contributed by atoms with Crippen LogP contribution in [0.2, 0.25) is 0 Å². The van der Waals surface area contributed by atoms with Crippen LogP contribution in [0.4, 0.5) is 0 Å². The number of aromatic nitrogens is 1. The second kappa shape index (κ2) is 5.61. The fourth-order valence-corrected chi connectivity index (χ4v) is 1.49. The first kappa shape index (κ1) is 12.6. The van der Waals surface area contributed by atoms with Gasteiger partial charge in [-0.05, 0) is 32.9 Å². The van der Waals surface area contributed by atoms with Crippen LogP contribution in [0.5, 0.6) is 0 Å². The quantitative estimate of drug-likeness (QED) is 0.823. The highest BCUT2D eigenvalue weighted by atomic mass is 16.4. The van der Waals surface area contributed by atoms with E-state index in [1.807, 2.05) is 43.9 Å². The zero-order chi connectivity index (χ0) is 12.1. The summed E-state index contributed by atoms with van der Waals surface area (Å²) in [6.45, 7) is 6.52. The molecule has 0 amide bonds. The first-order valence-electron chi connectivity index (χ1n) is 5.37. The molecule has 1 N–H and O–H groups in total. The Bertz CT molecular complexity index is 364. The van der Waals surface area contributed by atoms with E-state index in [9.17, 15) is 4.79 Å². The molecule has 0 unspecified atom stereocenters. The van der Waals surface area contributed by atoms with Gasteiger partial charge in [-0.15, -0.1) is 0 Å². The molecule has 0 aromatic carbocycles. The van der Waals surface area contributed by atoms with Gasteiger partial charge in [0.1, 0.15) is 0 Å². The maximum Gasteiger partial charge on any atom is 0.317 e. The molecule has 0 saturated heterocycles. The highest BCUT2D eigenvalue weighted by molar-refractivity contribution is 5.69. The molecule has 0 aliphatic heterocycles. The molecule has 0 aliphatic carbocycles. The first-order valence-corrected chi connectivity index (χ1v) is 5.37. The Morgan fingerprint density at radius 1 is 1.50 bits per heavy atom. The smallest absolute Gasteiger partial charge is 0.317 e. The predicted octanol–water partition coefficient (Wildman–Crippen LogP) is 1.69. The zero-order valence-corrected chi connectivity index (χ0v) is 9.97. The minimum Gasteiger partial charge on any atom is -0.480 e. The molecule has 16 heavy (non-hydrogen) atoms. The summed E-state index contributed by atoms with van der Waals surface area (Å²) in [5.74, 6) is -0.804. The van der Waals surface area contributed by atoms with Crippen molar-refractivity contribution in [3.05, 3.63) is 29.6 Å². The van der Waals surface area contributed by atoms with E-state index < -0.39 is 5.97 Å². The topological polar surface area (TPSA) is 53.4 Å². The van der Waals surface area contributed by atoms with Gasteiger partial charge in [0.15, 0.2) is 0 Å². The second-order valence-electron chi connectivity index (χ2n) is 4.16. The van der Waals surface area contributed by atoms with Crippen molar-refractivity contribution in [2.24, 2.45) is 0 Å². The molecule has 0 aliphatic rings. The lowest BCUT2D eigenvalue weighted by Crippen LogP contribution is -2.35. The fraction of sp³-hybridized carbons (Fsp3) is 0.500. The molecule has 0 fully saturated rings. The molecular formula is C12H18N2O2. The number of rotatable bonds is 5. The molecule has 88 valence electrons. The van der Waals surface area contributed by atoms with E-state index in [0.717, 1.165) is 11.4 Å². The van der Waals surface area contributed by atoms with Crippen LogP contribution in [0.15, 0.2) is 18.2 Å². The third-order valence-electron chi connectivity index (χ3n) is 2.38. The molecule has 1 aromatic heterocycles. The van der Waals surface area contributed by atoms with Crippen LogP contribution in [-0.2, 0) is 11.3 Å². The number of carboxylic acid groups (broad SMARTS) is 1. The molecule has 0 saturated carbocycles. The largest absolute Gasteiger partial charge is 0.480 e. The Hall–Kier alpha value is -1.42. The summed E-state index contributed by atoms with van der Waals surface area (Å²) in [5.41, 5.74) is 1.87. The summed E-state index contributed by atoms with van der Waals surface area (Å²) in [5, 5.41) is 8.80. The number of aliphatic carboxylic acids is 1. The molecular weight excluding hydrogens is 204 g/mol. The summed E-state index contributed by atoms with van der Waals surface area (Å²) in [6, 6.07) is 5.99. The van der Waals surface area contributed by atoms with Gasteiger partial charge in [0.2, 0.25) is 0 Å². The van der Waals surface area contributed by atoms with Gasteiger partial charge < -0.3 is 5.11 Å². The predicted molar refractivity (Wildman–Crippen MR) is 62.2 cm³/mol. The third kappa shape index (κ3) is 3.98. The Kier molecular flexibility index (Phi) is 4.43. The van der Waals surface area contributed by atoms with Gasteiger partial charge in [-0.1, -0.05) is 6.07 Å². The van der Waals surface area contributed by atoms with E-state index in [0.29, 0.717) is 6.54 Å². The van der Waals surface area contributed by atoms with E-state index in [1.165, 1.54) is 0 Å². The van der Waals surface area contributed by atoms with Gasteiger partial charge in [0.25, 0.3) is 0 Å². The standard InChI is InChI=1S/C12H18N2O2/c1-9(2)14(8-12(15)16)7-11-6-4-5-10(3)13-11/h4-6,9H,7-8H2,1-3H3,(H,15,16). The molecule has 4 nitrogen and oxygen atoms in total. The van der Waals surface area contributed by atoms with Crippen LogP contribution >= 0.6 is 0 Å². The van der Waals surface area contributed by atoms with E-state index in [1.54, 1.807) is 0 Å². The van der Waals surface area contributed by atoms with Crippen molar-refractivity contribution in [2.45, 2.75) is 33.4 Å². The van der Waals surface area contributed by atoms with E-state index in [4.69, 9.17) is 5.11 Å². The SMILES string of the molecule is Cc1cccc(CN(CC(=O)O)C(C)C)n1. The van der Waals surface area contributed by atoms with Crippen LogP contribution in [0, 0.1) is 6.92 Å². The van der Waals surface area contributed by atoms with Gasteiger partial charge in [-0.3, -0.25) is 14.7 Å². The molecule has 4 heteroatoms. The molecule has 1 aromatic rings. The second-order valence-corrected chi connectivity index (χ2v) is 4.16. The molecule has 0 bridgehead atoms.